The Bertz CT molecular complexity index is 482. The van der Waals surface area contributed by atoms with Gasteiger partial charge in [0.05, 0.1) is 17.1 Å². The Kier molecular flexibility index (Phi) is 6.03. The molecule has 1 aromatic carbocycles. The summed E-state index contributed by atoms with van der Waals surface area (Å²) in [6.07, 6.45) is 4.45. The van der Waals surface area contributed by atoms with Gasteiger partial charge in [0.2, 0.25) is 0 Å². The van der Waals surface area contributed by atoms with Crippen LogP contribution in [0.5, 0.6) is 5.75 Å². The quantitative estimate of drug-likeness (QED) is 0.565. The Morgan fingerprint density at radius 1 is 1.40 bits per heavy atom. The van der Waals surface area contributed by atoms with Crippen molar-refractivity contribution < 1.29 is 9.66 Å². The summed E-state index contributed by atoms with van der Waals surface area (Å²) in [6, 6.07) is 4.84. The molecule has 0 bridgehead atoms. The van der Waals surface area contributed by atoms with Crippen LogP contribution in [-0.4, -0.2) is 30.5 Å². The lowest BCUT2D eigenvalue weighted by molar-refractivity contribution is -0.385. The molecule has 0 aliphatic heterocycles. The zero-order chi connectivity index (χ0) is 15.1. The van der Waals surface area contributed by atoms with E-state index in [2.05, 4.69) is 13.8 Å². The van der Waals surface area contributed by atoms with Crippen LogP contribution in [0.25, 0.3) is 6.08 Å². The number of nitrogens with zero attached hydrogens (tertiary/aromatic N) is 2. The minimum atomic E-state index is -0.382. The monoisotopic (exact) mass is 278 g/mol. The van der Waals surface area contributed by atoms with Crippen LogP contribution < -0.4 is 4.74 Å². The van der Waals surface area contributed by atoms with E-state index in [9.17, 15) is 10.1 Å². The first-order valence-corrected chi connectivity index (χ1v) is 6.66. The van der Waals surface area contributed by atoms with Crippen molar-refractivity contribution in [2.24, 2.45) is 5.92 Å². The summed E-state index contributed by atoms with van der Waals surface area (Å²) in [5.41, 5.74) is 0.630. The minimum absolute atomic E-state index is 0.0827. The number of nitro groups is 1. The summed E-state index contributed by atoms with van der Waals surface area (Å²) < 4.78 is 5.63. The van der Waals surface area contributed by atoms with E-state index in [1.165, 1.54) is 6.07 Å². The molecular formula is C15H22N2O3. The number of benzene rings is 1. The van der Waals surface area contributed by atoms with Crippen molar-refractivity contribution in [3.05, 3.63) is 40.1 Å². The van der Waals surface area contributed by atoms with E-state index in [1.54, 1.807) is 24.4 Å². The van der Waals surface area contributed by atoms with Gasteiger partial charge in [-0.1, -0.05) is 13.8 Å². The van der Waals surface area contributed by atoms with Gasteiger partial charge in [0.1, 0.15) is 5.75 Å². The molecule has 0 amide bonds. The van der Waals surface area contributed by atoms with Gasteiger partial charge in [-0.15, -0.1) is 0 Å². The molecule has 0 spiro atoms. The fraction of sp³-hybridized carbons (Fsp3) is 0.467. The minimum Gasteiger partial charge on any atom is -0.494 e. The molecule has 0 saturated heterocycles. The fourth-order valence-corrected chi connectivity index (χ4v) is 1.56. The normalized spacial score (nSPS) is 11.1. The highest BCUT2D eigenvalue weighted by Gasteiger charge is 2.12. The van der Waals surface area contributed by atoms with Crippen LogP contribution in [-0.2, 0) is 0 Å². The molecule has 0 radical (unpaired) electrons. The highest BCUT2D eigenvalue weighted by Crippen LogP contribution is 2.25. The average molecular weight is 278 g/mol. The molecule has 1 aromatic rings. The second kappa shape index (κ2) is 7.53. The first-order valence-electron chi connectivity index (χ1n) is 6.66. The summed E-state index contributed by atoms with van der Waals surface area (Å²) in [7, 11) is 3.73. The molecule has 0 aromatic heterocycles. The maximum atomic E-state index is 11.0. The molecule has 0 heterocycles. The van der Waals surface area contributed by atoms with E-state index in [0.717, 1.165) is 6.42 Å². The third-order valence-electron chi connectivity index (χ3n) is 2.71. The number of rotatable bonds is 7. The van der Waals surface area contributed by atoms with E-state index in [0.29, 0.717) is 23.8 Å². The topological polar surface area (TPSA) is 55.6 Å². The van der Waals surface area contributed by atoms with E-state index in [-0.39, 0.29) is 10.6 Å². The molecule has 0 fully saturated rings. The first kappa shape index (κ1) is 16.0. The number of hydrogen-bond donors (Lipinski definition) is 0. The van der Waals surface area contributed by atoms with Gasteiger partial charge in [0.15, 0.2) is 0 Å². The number of nitro benzene ring substituents is 1. The van der Waals surface area contributed by atoms with Crippen LogP contribution >= 0.6 is 0 Å². The van der Waals surface area contributed by atoms with Gasteiger partial charge >= 0.3 is 0 Å². The molecule has 0 atom stereocenters. The lowest BCUT2D eigenvalue weighted by atomic mass is 10.1. The maximum absolute atomic E-state index is 11.0. The van der Waals surface area contributed by atoms with Crippen LogP contribution in [0.4, 0.5) is 5.69 Å². The van der Waals surface area contributed by atoms with Crippen molar-refractivity contribution in [1.29, 1.82) is 0 Å². The summed E-state index contributed by atoms with van der Waals surface area (Å²) >= 11 is 0. The van der Waals surface area contributed by atoms with Crippen LogP contribution in [0, 0.1) is 16.0 Å². The lowest BCUT2D eigenvalue weighted by Crippen LogP contribution is -2.02. The van der Waals surface area contributed by atoms with E-state index in [1.807, 2.05) is 19.0 Å². The lowest BCUT2D eigenvalue weighted by Gasteiger charge is -2.09. The van der Waals surface area contributed by atoms with Crippen LogP contribution in [0.1, 0.15) is 25.8 Å². The summed E-state index contributed by atoms with van der Waals surface area (Å²) in [4.78, 5) is 12.4. The van der Waals surface area contributed by atoms with Gasteiger partial charge in [-0.3, -0.25) is 10.1 Å². The van der Waals surface area contributed by atoms with Gasteiger partial charge in [-0.25, -0.2) is 0 Å². The highest BCUT2D eigenvalue weighted by molar-refractivity contribution is 5.62. The van der Waals surface area contributed by atoms with Gasteiger partial charge in [0.25, 0.3) is 5.69 Å². The maximum Gasteiger partial charge on any atom is 0.276 e. The van der Waals surface area contributed by atoms with Crippen LogP contribution in [0.2, 0.25) is 0 Å². The van der Waals surface area contributed by atoms with E-state index >= 15 is 0 Å². The number of hydrogen-bond acceptors (Lipinski definition) is 4. The largest absolute Gasteiger partial charge is 0.494 e. The molecule has 0 unspecified atom stereocenters. The zero-order valence-electron chi connectivity index (χ0n) is 12.5. The van der Waals surface area contributed by atoms with Gasteiger partial charge in [-0.05, 0) is 36.7 Å². The van der Waals surface area contributed by atoms with Crippen molar-refractivity contribution in [3.63, 3.8) is 0 Å². The second-order valence-corrected chi connectivity index (χ2v) is 5.29. The van der Waals surface area contributed by atoms with E-state index in [4.69, 9.17) is 4.74 Å². The third kappa shape index (κ3) is 5.30. The molecule has 0 N–H and O–H groups in total. The molecule has 20 heavy (non-hydrogen) atoms. The molecule has 0 saturated carbocycles. The number of ether oxygens (including phenoxy) is 1. The molecule has 110 valence electrons. The molecule has 5 nitrogen and oxygen atoms in total. The van der Waals surface area contributed by atoms with Crippen LogP contribution in [0.15, 0.2) is 24.4 Å². The first-order chi connectivity index (χ1) is 9.40. The molecule has 0 aliphatic carbocycles. The van der Waals surface area contributed by atoms with Crippen molar-refractivity contribution in [2.75, 3.05) is 20.7 Å². The van der Waals surface area contributed by atoms with Gasteiger partial charge in [-0.2, -0.15) is 0 Å². The smallest absolute Gasteiger partial charge is 0.276 e. The summed E-state index contributed by atoms with van der Waals surface area (Å²) in [6.45, 7) is 4.88. The Hall–Kier alpha value is -2.04. The van der Waals surface area contributed by atoms with E-state index < -0.39 is 0 Å². The van der Waals surface area contributed by atoms with Gasteiger partial charge in [0, 0.05) is 20.2 Å². The average Bonchev–Trinajstić information content (AvgIpc) is 2.35. The molecule has 5 heteroatoms. The predicted octanol–water partition coefficient (Wildman–Crippen LogP) is 3.55. The van der Waals surface area contributed by atoms with Crippen molar-refractivity contribution in [2.45, 2.75) is 20.3 Å². The molecule has 0 aliphatic rings. The Balaban J connectivity index is 2.89. The summed E-state index contributed by atoms with van der Waals surface area (Å²) in [5, 5.41) is 11.0. The highest BCUT2D eigenvalue weighted by atomic mass is 16.6. The van der Waals surface area contributed by atoms with Gasteiger partial charge < -0.3 is 9.64 Å². The van der Waals surface area contributed by atoms with Crippen molar-refractivity contribution in [1.82, 2.24) is 4.90 Å². The molecular weight excluding hydrogens is 256 g/mol. The van der Waals surface area contributed by atoms with Crippen molar-refractivity contribution >= 4 is 11.8 Å². The Morgan fingerprint density at radius 3 is 2.65 bits per heavy atom. The standard InChI is InChI=1S/C15H22N2O3/c1-12(2)8-10-20-14-5-6-15(17(18)19)13(11-14)7-9-16(3)4/h5-7,9,11-12H,8,10H2,1-4H3/b9-7+. The Labute approximate surface area is 120 Å². The third-order valence-corrected chi connectivity index (χ3v) is 2.71. The fourth-order valence-electron chi connectivity index (χ4n) is 1.56. The summed E-state index contributed by atoms with van der Waals surface area (Å²) in [5.74, 6) is 1.23. The van der Waals surface area contributed by atoms with Crippen LogP contribution in [0.3, 0.4) is 0 Å². The van der Waals surface area contributed by atoms with Crippen molar-refractivity contribution in [3.8, 4) is 5.75 Å². The Morgan fingerprint density at radius 2 is 2.10 bits per heavy atom. The predicted molar refractivity (Wildman–Crippen MR) is 80.8 cm³/mol. The SMILES string of the molecule is CC(C)CCOc1ccc([N+](=O)[O-])c(/C=C/N(C)C)c1. The zero-order valence-corrected chi connectivity index (χ0v) is 12.5. The molecule has 1 rings (SSSR count). The second-order valence-electron chi connectivity index (χ2n) is 5.29.